The number of urea groups is 1. The van der Waals surface area contributed by atoms with E-state index < -0.39 is 21.9 Å². The third kappa shape index (κ3) is 7.59. The highest BCUT2D eigenvalue weighted by Gasteiger charge is 2.44. The van der Waals surface area contributed by atoms with Crippen LogP contribution in [0.4, 0.5) is 10.5 Å². The van der Waals surface area contributed by atoms with E-state index in [1.165, 1.54) is 11.1 Å². The number of benzene rings is 2. The number of allylic oxidation sites excluding steroid dienone is 1. The van der Waals surface area contributed by atoms with Crippen molar-refractivity contribution in [1.29, 1.82) is 0 Å². The molecule has 4 heterocycles. The first-order valence-corrected chi connectivity index (χ1v) is 21.4. The van der Waals surface area contributed by atoms with E-state index in [1.54, 1.807) is 18.1 Å². The third-order valence-electron chi connectivity index (χ3n) is 12.5. The number of fused-ring (bicyclic) bond motifs is 5. The van der Waals surface area contributed by atoms with Crippen LogP contribution in [0.25, 0.3) is 0 Å². The van der Waals surface area contributed by atoms with Crippen molar-refractivity contribution in [2.45, 2.75) is 63.0 Å². The zero-order chi connectivity index (χ0) is 36.7. The van der Waals surface area contributed by atoms with E-state index in [0.717, 1.165) is 69.0 Å². The number of hydrogen-bond acceptors (Lipinski definition) is 8. The molecule has 1 spiro atoms. The van der Waals surface area contributed by atoms with Gasteiger partial charge in [0, 0.05) is 62.4 Å². The van der Waals surface area contributed by atoms with Crippen LogP contribution in [0, 0.1) is 17.8 Å². The molecule has 2 saturated heterocycles. The van der Waals surface area contributed by atoms with Gasteiger partial charge in [0.1, 0.15) is 15.7 Å². The maximum absolute atomic E-state index is 14.7. The summed E-state index contributed by atoms with van der Waals surface area (Å²) in [5, 5.41) is 0.745. The lowest BCUT2D eigenvalue weighted by Gasteiger charge is -2.46. The number of nitrogens with one attached hydrogen (secondary N) is 1. The van der Waals surface area contributed by atoms with E-state index in [9.17, 15) is 13.8 Å². The Bertz CT molecular complexity index is 1880. The Morgan fingerprint density at radius 2 is 2.02 bits per heavy atom. The summed E-state index contributed by atoms with van der Waals surface area (Å²) in [6.07, 6.45) is 9.98. The van der Waals surface area contributed by atoms with Gasteiger partial charge < -0.3 is 24.0 Å². The molecule has 3 fully saturated rings. The summed E-state index contributed by atoms with van der Waals surface area (Å²) in [7, 11) is -1.73. The summed E-state index contributed by atoms with van der Waals surface area (Å²) in [5.41, 5.74) is 3.45. The summed E-state index contributed by atoms with van der Waals surface area (Å²) in [4.78, 5) is 34.3. The summed E-state index contributed by atoms with van der Waals surface area (Å²) in [6.45, 7) is 7.78. The number of anilines is 1. The zero-order valence-corrected chi connectivity index (χ0v) is 32.4. The molecule has 13 heteroatoms. The first-order valence-electron chi connectivity index (χ1n) is 19.3. The average Bonchev–Trinajstić information content (AvgIpc) is 3.28. The van der Waals surface area contributed by atoms with Crippen LogP contribution in [0.1, 0.15) is 60.5 Å². The normalized spacial score (nSPS) is 33.9. The fraction of sp³-hybridized carbons (Fsp3) is 0.600. The van der Waals surface area contributed by atoms with Crippen molar-refractivity contribution in [2.24, 2.45) is 22.1 Å². The van der Waals surface area contributed by atoms with Gasteiger partial charge in [0.05, 0.1) is 43.4 Å². The molecular formula is C40H52ClN5O6S. The molecular weight excluding hydrogens is 714 g/mol. The van der Waals surface area contributed by atoms with Gasteiger partial charge in [-0.15, -0.1) is 4.36 Å². The van der Waals surface area contributed by atoms with Gasteiger partial charge in [0.2, 0.25) is 0 Å². The lowest BCUT2D eigenvalue weighted by Crippen LogP contribution is -2.60. The molecule has 1 unspecified atom stereocenters. The van der Waals surface area contributed by atoms with E-state index in [0.29, 0.717) is 62.5 Å². The lowest BCUT2D eigenvalue weighted by atomic mass is 9.68. The molecule has 0 radical (unpaired) electrons. The second-order valence-electron chi connectivity index (χ2n) is 16.1. The van der Waals surface area contributed by atoms with Crippen molar-refractivity contribution >= 4 is 39.1 Å². The molecule has 1 saturated carbocycles. The number of halogens is 1. The number of ether oxygens (including phenoxy) is 3. The first-order chi connectivity index (χ1) is 25.6. The van der Waals surface area contributed by atoms with Gasteiger partial charge in [-0.25, -0.2) is 9.00 Å². The highest BCUT2D eigenvalue weighted by molar-refractivity contribution is 7.92. The molecule has 53 heavy (non-hydrogen) atoms. The average molecular weight is 766 g/mol. The molecule has 11 nitrogen and oxygen atoms in total. The predicted molar refractivity (Wildman–Crippen MR) is 206 cm³/mol. The van der Waals surface area contributed by atoms with Crippen LogP contribution in [-0.2, 0) is 31.2 Å². The first kappa shape index (κ1) is 36.8. The molecule has 2 aliphatic carbocycles. The molecule has 3 amide bonds. The molecule has 0 aromatic heterocycles. The Labute approximate surface area is 318 Å². The van der Waals surface area contributed by atoms with Crippen molar-refractivity contribution in [2.75, 3.05) is 76.9 Å². The van der Waals surface area contributed by atoms with E-state index in [4.69, 9.17) is 25.8 Å². The van der Waals surface area contributed by atoms with Gasteiger partial charge >= 0.3 is 6.03 Å². The second-order valence-corrected chi connectivity index (χ2v) is 18.5. The van der Waals surface area contributed by atoms with Crippen LogP contribution in [-0.4, -0.2) is 110 Å². The van der Waals surface area contributed by atoms with E-state index >= 15 is 0 Å². The second kappa shape index (κ2) is 15.2. The molecule has 1 N–H and O–H groups in total. The minimum absolute atomic E-state index is 0.0388. The number of nitrogens with zero attached hydrogens (tertiary/aromatic N) is 4. The fourth-order valence-electron chi connectivity index (χ4n) is 9.50. The van der Waals surface area contributed by atoms with Crippen LogP contribution in [0.15, 0.2) is 52.9 Å². The minimum atomic E-state index is -3.50. The summed E-state index contributed by atoms with van der Waals surface area (Å²) >= 11 is 6.47. The Hall–Kier alpha value is -3.16. The van der Waals surface area contributed by atoms with Crippen LogP contribution in [0.3, 0.4) is 0 Å². The quantitative estimate of drug-likeness (QED) is 0.388. The topological polar surface area (TPSA) is 113 Å². The fourth-order valence-corrected chi connectivity index (χ4v) is 11.6. The molecule has 2 aromatic rings. The highest BCUT2D eigenvalue weighted by Crippen LogP contribution is 2.47. The number of hydrogen-bond donors (Lipinski definition) is 1. The number of carbonyl (C=O) groups excluding carboxylic acids is 2. The summed E-state index contributed by atoms with van der Waals surface area (Å²) < 4.78 is 40.3. The number of methoxy groups -OCH3 is 1. The number of piperazine rings is 1. The number of amides is 3. The third-order valence-corrected chi connectivity index (χ3v) is 14.7. The Morgan fingerprint density at radius 1 is 1.13 bits per heavy atom. The Morgan fingerprint density at radius 3 is 2.85 bits per heavy atom. The number of carbonyl (C=O) groups is 2. The van der Waals surface area contributed by atoms with Crippen LogP contribution in [0.5, 0.6) is 5.75 Å². The maximum Gasteiger partial charge on any atom is 0.329 e. The monoisotopic (exact) mass is 765 g/mol. The van der Waals surface area contributed by atoms with Crippen molar-refractivity contribution in [1.82, 2.24) is 14.5 Å². The number of rotatable bonds is 2. The zero-order valence-electron chi connectivity index (χ0n) is 30.8. The summed E-state index contributed by atoms with van der Waals surface area (Å²) in [5.74, 6) is 0.758. The van der Waals surface area contributed by atoms with Crippen molar-refractivity contribution in [3.05, 3.63) is 70.3 Å². The van der Waals surface area contributed by atoms with Gasteiger partial charge in [0.15, 0.2) is 0 Å². The van der Waals surface area contributed by atoms with Crippen LogP contribution >= 0.6 is 11.6 Å². The lowest BCUT2D eigenvalue weighted by molar-refractivity contribution is -0.0361. The highest BCUT2D eigenvalue weighted by atomic mass is 35.5. The van der Waals surface area contributed by atoms with Gasteiger partial charge in [-0.1, -0.05) is 36.7 Å². The number of aryl methyl sites for hydroxylation is 1. The minimum Gasteiger partial charge on any atom is -0.490 e. The van der Waals surface area contributed by atoms with Crippen LogP contribution in [0.2, 0.25) is 5.02 Å². The van der Waals surface area contributed by atoms with Crippen molar-refractivity contribution < 1.29 is 28.0 Å². The molecule has 4 aliphatic heterocycles. The van der Waals surface area contributed by atoms with E-state index in [1.807, 2.05) is 25.1 Å². The smallest absolute Gasteiger partial charge is 0.329 e. The van der Waals surface area contributed by atoms with E-state index in [-0.39, 0.29) is 29.2 Å². The van der Waals surface area contributed by atoms with Crippen molar-refractivity contribution in [3.63, 3.8) is 0 Å². The van der Waals surface area contributed by atoms with Gasteiger partial charge in [0.25, 0.3) is 5.91 Å². The molecule has 6 aliphatic rings. The molecule has 2 bridgehead atoms. The molecule has 286 valence electrons. The standard InChI is InChI=1S/C40H52ClN5O6S/c1-27-5-3-7-36(50-2)33-11-8-30(33)21-46-25-40(14-4-6-28-19-31(41)10-12-34(28)40)26-52-37-13-9-29(20-35(37)46)38(47)42-53(49,24-27)43-39(48)45-16-15-44-17-18-51-23-32(44)22-45/h3,7,9-10,12-13,19-20,27,30,32-33,36H,4-6,8,11,14-18,21-26H2,1-2H3,(H,42,43,47,48,49)/b7-3-/t27-,30-,32+,33+,36-,40-,53?/m0/s1. The van der Waals surface area contributed by atoms with Gasteiger partial charge in [-0.05, 0) is 97.7 Å². The molecule has 2 aromatic carbocycles. The van der Waals surface area contributed by atoms with E-state index in [2.05, 4.69) is 43.2 Å². The van der Waals surface area contributed by atoms with Crippen molar-refractivity contribution in [3.8, 4) is 5.75 Å². The summed E-state index contributed by atoms with van der Waals surface area (Å²) in [6, 6.07) is 11.3. The van der Waals surface area contributed by atoms with Crippen LogP contribution < -0.4 is 14.4 Å². The Kier molecular flexibility index (Phi) is 10.5. The number of morpholine rings is 1. The van der Waals surface area contributed by atoms with Gasteiger partial charge in [-0.2, -0.15) is 0 Å². The SMILES string of the molecule is CO[C@H]1/C=C\C[C@H](C)CS(=O)(NC(=O)N2CCN3CCOC[C@H]3C2)=NC(=O)c2ccc3c(c2)N(C[C@@H]2CC[C@H]21)C[C@@]1(CCCc2cc(Cl)ccc21)CO3. The molecule has 7 atom stereocenters. The predicted octanol–water partition coefficient (Wildman–Crippen LogP) is 5.70. The molecule has 8 rings (SSSR count). The maximum atomic E-state index is 14.7. The largest absolute Gasteiger partial charge is 0.490 e. The van der Waals surface area contributed by atoms with Gasteiger partial charge in [-0.3, -0.25) is 14.4 Å². The Balaban J connectivity index is 1.15.